The van der Waals surface area contributed by atoms with Crippen molar-refractivity contribution < 1.29 is 97.6 Å². The number of nitrogens with one attached hydrogen (secondary N) is 4. The highest BCUT2D eigenvalue weighted by atomic mass is 35.5. The number of anilines is 8. The SMILES string of the molecule is CCn1c(O)c(N=Nc2cc(Nc3nc(Cl)nc(Nc4ccc(/C=C/c5ccc(Nc6nc(Cl)nc(Nc7cc(N=Nc8c(C)c(C(N)=O)c(=O)n(CC)c8O)c(S(=O)(=O)O)cc7S(=O)(=O)O)n6)cc5S(=O)(=O)O)c(S(=O)(=O)O)c4)n3)c(S(=O)(=O)O)cc2S(=O)(=O)O)c(C)c(C(N)=O)c1=O. The standard InChI is InChI=1S/C50H44Cl2N18O24S6/c1-5-69-41(73)35(39(53)71)19(3)37(43(69)75)67-65-27-15-25(31(97(83,84)85)17-33(27)99(89,90)91)57-49-61-45(51)59-47(63-49)55-23-11-9-21(29(13-23)95(77,78)79)7-8-22-10-12-24(14-30(22)96(80,81)82)56-48-60-46(52)62-50(64-48)58-26-16-28(34(100(92,93)94)18-32(26)98(86,87)88)66-68-38-20(4)36(40(54)72)42(74)70(6-2)44(38)76/h7-18,75-76H,5-6H2,1-4H3,(H2,53,71)(H2,54,72)(H,77,78,79)(H,80,81,82)(H,83,84,85)(H,86,87,88)(H,89,90,91)(H,92,93,94)(H2,55,57,59,61,63)(H2,56,58,60,62,64)/b8-7+,67-65?,68-66?. The van der Waals surface area contributed by atoms with E-state index in [1.165, 1.54) is 13.8 Å². The Balaban J connectivity index is 1.09. The van der Waals surface area contributed by atoms with Crippen molar-refractivity contribution in [3.05, 3.63) is 125 Å². The van der Waals surface area contributed by atoms with Crippen molar-refractivity contribution in [1.29, 1.82) is 0 Å². The minimum Gasteiger partial charge on any atom is -0.493 e. The molecule has 0 fully saturated rings. The van der Waals surface area contributed by atoms with Crippen molar-refractivity contribution in [3.8, 4) is 11.8 Å². The molecule has 4 aromatic heterocycles. The highest BCUT2D eigenvalue weighted by molar-refractivity contribution is 7.87. The average molecular weight is 1540 g/mol. The molecule has 100 heavy (non-hydrogen) atoms. The maximum absolute atomic E-state index is 12.9. The Morgan fingerprint density at radius 2 is 0.760 bits per heavy atom. The Kier molecular flexibility index (Phi) is 21.1. The molecule has 528 valence electrons. The van der Waals surface area contributed by atoms with Crippen LogP contribution in [0.1, 0.15) is 56.8 Å². The highest BCUT2D eigenvalue weighted by Crippen LogP contribution is 2.41. The maximum atomic E-state index is 12.9. The molecular formula is C50H44Cl2N18O24S6. The van der Waals surface area contributed by atoms with Crippen molar-refractivity contribution in [3.63, 3.8) is 0 Å². The monoisotopic (exact) mass is 1540 g/mol. The van der Waals surface area contributed by atoms with Crippen molar-refractivity contribution in [1.82, 2.24) is 39.0 Å². The molecule has 16 N–H and O–H groups in total. The van der Waals surface area contributed by atoms with E-state index in [2.05, 4.69) is 71.6 Å². The van der Waals surface area contributed by atoms with Crippen LogP contribution in [0.15, 0.2) is 120 Å². The third kappa shape index (κ3) is 16.6. The number of pyridine rings is 2. The molecule has 0 aliphatic rings. The van der Waals surface area contributed by atoms with Gasteiger partial charge in [0, 0.05) is 35.6 Å². The third-order valence-corrected chi connectivity index (χ3v) is 19.1. The Morgan fingerprint density at radius 1 is 0.460 bits per heavy atom. The van der Waals surface area contributed by atoms with Gasteiger partial charge >= 0.3 is 0 Å². The first kappa shape index (κ1) is 75.3. The number of aromatic hydroxyl groups is 2. The molecule has 4 heterocycles. The molecule has 0 spiro atoms. The van der Waals surface area contributed by atoms with Gasteiger partial charge in [0.1, 0.15) is 63.2 Å². The van der Waals surface area contributed by atoms with E-state index in [1.54, 1.807) is 0 Å². The topological polar surface area (TPSA) is 672 Å². The van der Waals surface area contributed by atoms with Crippen molar-refractivity contribution in [2.24, 2.45) is 31.9 Å². The van der Waals surface area contributed by atoms with Crippen LogP contribution < -0.4 is 43.9 Å². The van der Waals surface area contributed by atoms with Gasteiger partial charge in [0.15, 0.2) is 0 Å². The van der Waals surface area contributed by atoms with Crippen LogP contribution in [0.2, 0.25) is 10.6 Å². The summed E-state index contributed by atoms with van der Waals surface area (Å²) in [7, 11) is -32.5. The lowest BCUT2D eigenvalue weighted by atomic mass is 10.1. The minimum atomic E-state index is -5.49. The summed E-state index contributed by atoms with van der Waals surface area (Å²) in [6.45, 7) is 4.50. The fourth-order valence-corrected chi connectivity index (χ4v) is 13.5. The fraction of sp³-hybridized carbons (Fsp3) is 0.120. The zero-order valence-electron chi connectivity index (χ0n) is 50.2. The van der Waals surface area contributed by atoms with Crippen molar-refractivity contribution in [2.75, 3.05) is 21.3 Å². The van der Waals surface area contributed by atoms with E-state index in [1.807, 2.05) is 0 Å². The van der Waals surface area contributed by atoms with Crippen molar-refractivity contribution in [2.45, 2.75) is 70.2 Å². The molecule has 4 aromatic carbocycles. The molecule has 0 aliphatic carbocycles. The summed E-state index contributed by atoms with van der Waals surface area (Å²) in [5, 5.41) is 45.0. The van der Waals surface area contributed by atoms with Crippen LogP contribution in [0.4, 0.5) is 69.3 Å². The molecule has 50 heteroatoms. The van der Waals surface area contributed by atoms with Gasteiger partial charge in [-0.25, -0.2) is 0 Å². The molecule has 2 amide bonds. The second-order valence-electron chi connectivity index (χ2n) is 19.9. The van der Waals surface area contributed by atoms with E-state index in [0.717, 1.165) is 62.4 Å². The summed E-state index contributed by atoms with van der Waals surface area (Å²) in [5.41, 5.74) is 0.606. The number of hydrogen-bond acceptors (Lipinski definition) is 32. The molecule has 42 nitrogen and oxygen atoms in total. The summed E-state index contributed by atoms with van der Waals surface area (Å²) in [6, 6.07) is 7.48. The van der Waals surface area contributed by atoms with Gasteiger partial charge in [0.25, 0.3) is 83.6 Å². The first-order valence-corrected chi connectivity index (χ1v) is 36.1. The second kappa shape index (κ2) is 28.0. The zero-order valence-corrected chi connectivity index (χ0v) is 56.6. The number of benzene rings is 4. The highest BCUT2D eigenvalue weighted by Gasteiger charge is 2.31. The van der Waals surface area contributed by atoms with Gasteiger partial charge in [0.2, 0.25) is 46.1 Å². The lowest BCUT2D eigenvalue weighted by Crippen LogP contribution is -2.30. The second-order valence-corrected chi connectivity index (χ2v) is 28.9. The number of nitrogens with zero attached hydrogens (tertiary/aromatic N) is 12. The number of amides is 2. The molecule has 0 aliphatic heterocycles. The van der Waals surface area contributed by atoms with Gasteiger partial charge in [-0.1, -0.05) is 24.3 Å². The summed E-state index contributed by atoms with van der Waals surface area (Å²) in [5.74, 6) is -6.96. The van der Waals surface area contributed by atoms with E-state index in [4.69, 9.17) is 34.7 Å². The molecule has 0 saturated carbocycles. The third-order valence-electron chi connectivity index (χ3n) is 13.4. The number of carbonyl (C=O) groups excluding carboxylic acids is 2. The minimum absolute atomic E-state index is 0.214. The Hall–Kier alpha value is -10.5. The summed E-state index contributed by atoms with van der Waals surface area (Å²) in [6.07, 6.45) is 1.92. The lowest BCUT2D eigenvalue weighted by molar-refractivity contribution is 0.0989. The van der Waals surface area contributed by atoms with Crippen LogP contribution >= 0.6 is 23.2 Å². The number of primary amides is 2. The van der Waals surface area contributed by atoms with Gasteiger partial charge in [0.05, 0.1) is 11.4 Å². The summed E-state index contributed by atoms with van der Waals surface area (Å²) >= 11 is 12.3. The number of nitrogens with two attached hydrogens (primary N) is 2. The Morgan fingerprint density at radius 3 is 1.04 bits per heavy atom. The lowest BCUT2D eigenvalue weighted by Gasteiger charge is -2.14. The zero-order chi connectivity index (χ0) is 74.4. The average Bonchev–Trinajstić information content (AvgIpc) is 0.787. The maximum Gasteiger partial charge on any atom is 0.296 e. The van der Waals surface area contributed by atoms with Crippen LogP contribution in [-0.4, -0.2) is 139 Å². The Labute approximate surface area is 570 Å². The normalized spacial score (nSPS) is 12.6. The van der Waals surface area contributed by atoms with E-state index < -0.39 is 204 Å². The van der Waals surface area contributed by atoms with Crippen LogP contribution in [0.5, 0.6) is 11.8 Å². The number of aromatic nitrogens is 8. The quantitative estimate of drug-likeness (QED) is 0.0204. The van der Waals surface area contributed by atoms with E-state index in [0.29, 0.717) is 21.3 Å². The van der Waals surface area contributed by atoms with Gasteiger partial charge in [-0.3, -0.25) is 55.6 Å². The molecule has 0 bridgehead atoms. The predicted molar refractivity (Wildman–Crippen MR) is 347 cm³/mol. The molecule has 8 rings (SSSR count). The first-order valence-electron chi connectivity index (χ1n) is 26.7. The number of hydrogen-bond donors (Lipinski definition) is 14. The predicted octanol–water partition coefficient (Wildman–Crippen LogP) is 5.41. The first-order chi connectivity index (χ1) is 46.2. The molecule has 0 radical (unpaired) electrons. The summed E-state index contributed by atoms with van der Waals surface area (Å²) < 4.78 is 215. The van der Waals surface area contributed by atoms with Gasteiger partial charge in [-0.2, -0.15) is 80.4 Å². The number of rotatable bonds is 24. The molecule has 8 aromatic rings. The van der Waals surface area contributed by atoms with Crippen LogP contribution in [0.3, 0.4) is 0 Å². The van der Waals surface area contributed by atoms with E-state index >= 15 is 0 Å². The summed E-state index contributed by atoms with van der Waals surface area (Å²) in [4.78, 5) is 66.4. The molecular weight excluding hydrogens is 1500 g/mol. The largest absolute Gasteiger partial charge is 0.493 e. The number of azo groups is 2. The van der Waals surface area contributed by atoms with Crippen LogP contribution in [0.25, 0.3) is 12.2 Å². The van der Waals surface area contributed by atoms with Gasteiger partial charge in [-0.15, -0.1) is 20.5 Å². The molecule has 0 saturated heterocycles. The van der Waals surface area contributed by atoms with E-state index in [9.17, 15) is 107 Å². The molecule has 0 atom stereocenters. The number of halogens is 2. The molecule has 0 unspecified atom stereocenters. The van der Waals surface area contributed by atoms with Gasteiger partial charge < -0.3 is 42.9 Å². The number of carbonyl (C=O) groups is 2. The van der Waals surface area contributed by atoms with E-state index in [-0.39, 0.29) is 58.9 Å². The van der Waals surface area contributed by atoms with Gasteiger partial charge in [-0.05, 0) is 111 Å². The smallest absolute Gasteiger partial charge is 0.296 e. The Bertz CT molecular complexity index is 5450. The van der Waals surface area contributed by atoms with Crippen LogP contribution in [0, 0.1) is 13.8 Å². The fourth-order valence-electron chi connectivity index (χ4n) is 9.07. The van der Waals surface area contributed by atoms with Crippen molar-refractivity contribution >= 4 is 177 Å². The van der Waals surface area contributed by atoms with Crippen LogP contribution in [-0.2, 0) is 73.8 Å².